The lowest BCUT2D eigenvalue weighted by molar-refractivity contribution is -0.0425. The zero-order valence-electron chi connectivity index (χ0n) is 10.1. The highest BCUT2D eigenvalue weighted by atomic mass is 32.2. The van der Waals surface area contributed by atoms with Crippen LogP contribution < -0.4 is 0 Å². The normalized spacial score (nSPS) is 18.4. The monoisotopic (exact) mass is 252 g/mol. The Bertz CT molecular complexity index is 407. The van der Waals surface area contributed by atoms with Crippen LogP contribution in [0.3, 0.4) is 0 Å². The maximum absolute atomic E-state index is 10.8. The van der Waals surface area contributed by atoms with Crippen molar-refractivity contribution in [3.63, 3.8) is 0 Å². The Morgan fingerprint density at radius 3 is 2.71 bits per heavy atom. The van der Waals surface area contributed by atoms with Crippen LogP contribution in [0.4, 0.5) is 4.79 Å². The highest BCUT2D eigenvalue weighted by molar-refractivity contribution is 7.99. The summed E-state index contributed by atoms with van der Waals surface area (Å²) in [5, 5.41) is 0. The number of carbonyl (C=O) groups is 1. The molecule has 0 aromatic heterocycles. The lowest BCUT2D eigenvalue weighted by Gasteiger charge is -2.31. The minimum atomic E-state index is -0.553. The minimum absolute atomic E-state index is 0.0949. The van der Waals surface area contributed by atoms with Gasteiger partial charge in [-0.3, -0.25) is 0 Å². The molecule has 1 heterocycles. The molecule has 0 radical (unpaired) electrons. The van der Waals surface area contributed by atoms with E-state index in [9.17, 15) is 4.79 Å². The van der Waals surface area contributed by atoms with Crippen LogP contribution in [-0.4, -0.2) is 25.1 Å². The third kappa shape index (κ3) is 3.40. The second-order valence-corrected chi connectivity index (χ2v) is 5.79. The van der Waals surface area contributed by atoms with Crippen LogP contribution in [0.2, 0.25) is 0 Å². The Morgan fingerprint density at radius 2 is 2.06 bits per heavy atom. The van der Waals surface area contributed by atoms with E-state index in [1.165, 1.54) is 10.5 Å². The van der Waals surface area contributed by atoms with Crippen molar-refractivity contribution >= 4 is 17.9 Å². The molecule has 1 aliphatic rings. The van der Waals surface area contributed by atoms with E-state index >= 15 is 0 Å². The molecule has 1 fully saturated rings. The summed E-state index contributed by atoms with van der Waals surface area (Å²) < 4.78 is 9.86. The number of cyclic esters (lactones) is 2. The molecular weight excluding hydrogens is 236 g/mol. The molecular formula is C13H16O3S. The van der Waals surface area contributed by atoms with Gasteiger partial charge in [-0.05, 0) is 19.1 Å². The number of carbonyl (C=O) groups excluding carboxylic acids is 1. The van der Waals surface area contributed by atoms with Gasteiger partial charge in [-0.25, -0.2) is 4.79 Å². The molecule has 1 aliphatic heterocycles. The molecule has 0 aliphatic carbocycles. The van der Waals surface area contributed by atoms with Crippen molar-refractivity contribution in [2.45, 2.75) is 18.7 Å². The summed E-state index contributed by atoms with van der Waals surface area (Å²) in [6, 6.07) is 8.38. The first-order chi connectivity index (χ1) is 8.07. The summed E-state index contributed by atoms with van der Waals surface area (Å²) in [6.45, 7) is 5.02. The van der Waals surface area contributed by atoms with Crippen molar-refractivity contribution in [1.29, 1.82) is 0 Å². The van der Waals surface area contributed by atoms with Crippen molar-refractivity contribution < 1.29 is 14.3 Å². The van der Waals surface area contributed by atoms with E-state index in [1.54, 1.807) is 11.8 Å². The fourth-order valence-electron chi connectivity index (χ4n) is 1.60. The summed E-state index contributed by atoms with van der Waals surface area (Å²) in [7, 11) is 0. The Morgan fingerprint density at radius 1 is 1.35 bits per heavy atom. The van der Waals surface area contributed by atoms with Gasteiger partial charge >= 0.3 is 6.16 Å². The van der Waals surface area contributed by atoms with Crippen LogP contribution in [0.25, 0.3) is 0 Å². The van der Waals surface area contributed by atoms with Crippen molar-refractivity contribution in [3.05, 3.63) is 29.8 Å². The number of thioether (sulfide) groups is 1. The topological polar surface area (TPSA) is 35.5 Å². The first kappa shape index (κ1) is 12.3. The number of benzene rings is 1. The van der Waals surface area contributed by atoms with Crippen molar-refractivity contribution in [3.8, 4) is 0 Å². The van der Waals surface area contributed by atoms with Gasteiger partial charge in [0.25, 0.3) is 0 Å². The van der Waals surface area contributed by atoms with E-state index in [-0.39, 0.29) is 5.41 Å². The first-order valence-corrected chi connectivity index (χ1v) is 6.55. The van der Waals surface area contributed by atoms with Crippen LogP contribution in [0, 0.1) is 12.3 Å². The van der Waals surface area contributed by atoms with Gasteiger partial charge in [0.05, 0.1) is 0 Å². The Balaban J connectivity index is 1.91. The smallest absolute Gasteiger partial charge is 0.434 e. The second kappa shape index (κ2) is 5.00. The maximum atomic E-state index is 10.8. The standard InChI is InChI=1S/C13H16O3S/c1-10-4-3-5-11(6-10)17-9-13(2)7-15-12(14)16-8-13/h3-6H,7-9H2,1-2H3. The van der Waals surface area contributed by atoms with Gasteiger partial charge in [-0.1, -0.05) is 24.6 Å². The highest BCUT2D eigenvalue weighted by Crippen LogP contribution is 2.31. The molecule has 4 heteroatoms. The predicted octanol–water partition coefficient (Wildman–Crippen LogP) is 3.26. The van der Waals surface area contributed by atoms with Crippen LogP contribution in [-0.2, 0) is 9.47 Å². The molecule has 0 saturated carbocycles. The summed E-state index contributed by atoms with van der Waals surface area (Å²) in [4.78, 5) is 12.1. The van der Waals surface area contributed by atoms with E-state index in [2.05, 4.69) is 38.1 Å². The summed E-state index contributed by atoms with van der Waals surface area (Å²) in [6.07, 6.45) is -0.553. The number of hydrogen-bond acceptors (Lipinski definition) is 4. The maximum Gasteiger partial charge on any atom is 0.508 e. The van der Waals surface area contributed by atoms with Crippen LogP contribution in [0.5, 0.6) is 0 Å². The van der Waals surface area contributed by atoms with E-state index < -0.39 is 6.16 Å². The number of aryl methyl sites for hydroxylation is 1. The van der Waals surface area contributed by atoms with E-state index in [4.69, 9.17) is 9.47 Å². The molecule has 3 nitrogen and oxygen atoms in total. The van der Waals surface area contributed by atoms with E-state index in [1.807, 2.05) is 0 Å². The quantitative estimate of drug-likeness (QED) is 0.611. The number of rotatable bonds is 3. The van der Waals surface area contributed by atoms with E-state index in [0.717, 1.165) is 5.75 Å². The molecule has 0 amide bonds. The zero-order chi connectivity index (χ0) is 12.3. The lowest BCUT2D eigenvalue weighted by atomic mass is 9.95. The summed E-state index contributed by atoms with van der Waals surface area (Å²) in [5.74, 6) is 0.879. The molecule has 2 rings (SSSR count). The van der Waals surface area contributed by atoms with Crippen LogP contribution in [0.15, 0.2) is 29.2 Å². The van der Waals surface area contributed by atoms with Gasteiger partial charge in [0.1, 0.15) is 13.2 Å². The fraction of sp³-hybridized carbons (Fsp3) is 0.462. The Kier molecular flexibility index (Phi) is 3.62. The van der Waals surface area contributed by atoms with Crippen molar-refractivity contribution in [1.82, 2.24) is 0 Å². The Hall–Kier alpha value is -1.16. The third-order valence-electron chi connectivity index (χ3n) is 2.65. The Labute approximate surface area is 105 Å². The number of ether oxygens (including phenoxy) is 2. The molecule has 0 bridgehead atoms. The molecule has 0 spiro atoms. The van der Waals surface area contributed by atoms with Crippen molar-refractivity contribution in [2.75, 3.05) is 19.0 Å². The predicted molar refractivity (Wildman–Crippen MR) is 67.3 cm³/mol. The molecule has 1 aromatic carbocycles. The SMILES string of the molecule is Cc1cccc(SCC2(C)COC(=O)OC2)c1. The number of hydrogen-bond donors (Lipinski definition) is 0. The summed E-state index contributed by atoms with van der Waals surface area (Å²) in [5.41, 5.74) is 1.16. The fourth-order valence-corrected chi connectivity index (χ4v) is 2.72. The molecule has 92 valence electrons. The first-order valence-electron chi connectivity index (χ1n) is 5.56. The van der Waals surface area contributed by atoms with Gasteiger partial charge in [0.2, 0.25) is 0 Å². The molecule has 1 saturated heterocycles. The minimum Gasteiger partial charge on any atom is -0.434 e. The van der Waals surface area contributed by atoms with Gasteiger partial charge < -0.3 is 9.47 Å². The second-order valence-electron chi connectivity index (χ2n) is 4.74. The largest absolute Gasteiger partial charge is 0.508 e. The average molecular weight is 252 g/mol. The molecule has 0 N–H and O–H groups in total. The zero-order valence-corrected chi connectivity index (χ0v) is 10.9. The lowest BCUT2D eigenvalue weighted by Crippen LogP contribution is -2.38. The van der Waals surface area contributed by atoms with Crippen LogP contribution in [0.1, 0.15) is 12.5 Å². The highest BCUT2D eigenvalue weighted by Gasteiger charge is 2.33. The molecule has 17 heavy (non-hydrogen) atoms. The molecule has 0 atom stereocenters. The molecule has 1 aromatic rings. The van der Waals surface area contributed by atoms with Gasteiger partial charge in [-0.2, -0.15) is 0 Å². The third-order valence-corrected chi connectivity index (χ3v) is 4.08. The van der Waals surface area contributed by atoms with Crippen molar-refractivity contribution in [2.24, 2.45) is 5.41 Å². The van der Waals surface area contributed by atoms with Crippen LogP contribution >= 0.6 is 11.8 Å². The summed E-state index contributed by atoms with van der Waals surface area (Å²) >= 11 is 1.77. The van der Waals surface area contributed by atoms with E-state index in [0.29, 0.717) is 13.2 Å². The molecule has 0 unspecified atom stereocenters. The van der Waals surface area contributed by atoms with Gasteiger partial charge in [-0.15, -0.1) is 11.8 Å². The van der Waals surface area contributed by atoms with Gasteiger partial charge in [0, 0.05) is 16.1 Å². The van der Waals surface area contributed by atoms with Gasteiger partial charge in [0.15, 0.2) is 0 Å². The average Bonchev–Trinajstić information content (AvgIpc) is 2.31.